The quantitative estimate of drug-likeness (QED) is 0.773. The van der Waals surface area contributed by atoms with E-state index in [1.165, 1.54) is 6.26 Å². The van der Waals surface area contributed by atoms with E-state index in [1.54, 1.807) is 11.8 Å². The fourth-order valence-corrected chi connectivity index (χ4v) is 2.87. The number of aromatic nitrogens is 3. The van der Waals surface area contributed by atoms with Crippen LogP contribution in [0.5, 0.6) is 0 Å². The van der Waals surface area contributed by atoms with E-state index in [9.17, 15) is 9.90 Å². The van der Waals surface area contributed by atoms with Crippen LogP contribution in [0.2, 0.25) is 0 Å². The lowest BCUT2D eigenvalue weighted by atomic mass is 10.0. The molecular formula is C19H18N4O3. The number of amides is 1. The van der Waals surface area contributed by atoms with Gasteiger partial charge in [0.1, 0.15) is 6.26 Å². The van der Waals surface area contributed by atoms with Crippen molar-refractivity contribution in [3.63, 3.8) is 0 Å². The van der Waals surface area contributed by atoms with Crippen molar-refractivity contribution < 1.29 is 14.3 Å². The monoisotopic (exact) mass is 350 g/mol. The van der Waals surface area contributed by atoms with Crippen molar-refractivity contribution in [3.05, 3.63) is 66.0 Å². The van der Waals surface area contributed by atoms with Crippen molar-refractivity contribution in [3.8, 4) is 11.3 Å². The summed E-state index contributed by atoms with van der Waals surface area (Å²) >= 11 is 0. The number of nitrogens with zero attached hydrogens (tertiary/aromatic N) is 4. The lowest BCUT2D eigenvalue weighted by Gasteiger charge is -2.42. The highest BCUT2D eigenvalue weighted by molar-refractivity contribution is 5.92. The van der Waals surface area contributed by atoms with Crippen LogP contribution >= 0.6 is 0 Å². The maximum atomic E-state index is 12.3. The molecule has 132 valence electrons. The molecule has 1 aromatic carbocycles. The molecule has 0 aliphatic carbocycles. The molecule has 26 heavy (non-hydrogen) atoms. The van der Waals surface area contributed by atoms with Gasteiger partial charge in [0.2, 0.25) is 5.89 Å². The minimum Gasteiger partial charge on any atom is -0.448 e. The molecule has 0 saturated carbocycles. The summed E-state index contributed by atoms with van der Waals surface area (Å²) in [6, 6.07) is 13.4. The predicted molar refractivity (Wildman–Crippen MR) is 93.3 cm³/mol. The zero-order valence-corrected chi connectivity index (χ0v) is 14.2. The molecule has 7 nitrogen and oxygen atoms in total. The Morgan fingerprint density at radius 1 is 1.23 bits per heavy atom. The molecule has 7 heteroatoms. The Morgan fingerprint density at radius 3 is 2.69 bits per heavy atom. The maximum Gasteiger partial charge on any atom is 0.276 e. The molecule has 3 aromatic rings. The van der Waals surface area contributed by atoms with Gasteiger partial charge in [0, 0.05) is 12.1 Å². The van der Waals surface area contributed by atoms with Gasteiger partial charge in [0.15, 0.2) is 5.69 Å². The average Bonchev–Trinajstić information content (AvgIpc) is 3.15. The third-order valence-electron chi connectivity index (χ3n) is 4.59. The van der Waals surface area contributed by atoms with Crippen molar-refractivity contribution in [2.24, 2.45) is 0 Å². The molecule has 1 N–H and O–H groups in total. The Hall–Kier alpha value is -3.06. The Labute approximate surface area is 150 Å². The third kappa shape index (κ3) is 3.09. The summed E-state index contributed by atoms with van der Waals surface area (Å²) in [5.74, 6) is 0.173. The average molecular weight is 350 g/mol. The molecule has 4 rings (SSSR count). The number of benzene rings is 1. The maximum absolute atomic E-state index is 12.3. The van der Waals surface area contributed by atoms with E-state index in [1.807, 2.05) is 42.5 Å². The molecule has 1 aliphatic rings. The third-order valence-corrected chi connectivity index (χ3v) is 4.59. The first-order valence-electron chi connectivity index (χ1n) is 8.43. The first-order chi connectivity index (χ1) is 12.6. The number of β-amino-alcohol motifs (C(OH)–C–C–N with tert-alkyl or cyclic N) is 1. The van der Waals surface area contributed by atoms with Gasteiger partial charge in [0.05, 0.1) is 30.0 Å². The fraction of sp³-hybridized carbons (Fsp3) is 0.263. The molecule has 0 radical (unpaired) electrons. The van der Waals surface area contributed by atoms with Gasteiger partial charge >= 0.3 is 0 Å². The summed E-state index contributed by atoms with van der Waals surface area (Å²) in [7, 11) is 0. The summed E-state index contributed by atoms with van der Waals surface area (Å²) in [6.45, 7) is 2.13. The van der Waals surface area contributed by atoms with Crippen LogP contribution in [0.1, 0.15) is 29.0 Å². The van der Waals surface area contributed by atoms with E-state index in [-0.39, 0.29) is 17.6 Å². The lowest BCUT2D eigenvalue weighted by Crippen LogP contribution is -2.60. The highest BCUT2D eigenvalue weighted by atomic mass is 16.3. The summed E-state index contributed by atoms with van der Waals surface area (Å²) in [6.07, 6.45) is 1.23. The normalized spacial score (nSPS) is 19.2. The highest BCUT2D eigenvalue weighted by Crippen LogP contribution is 2.21. The van der Waals surface area contributed by atoms with Gasteiger partial charge in [0.25, 0.3) is 5.91 Å². The summed E-state index contributed by atoms with van der Waals surface area (Å²) in [4.78, 5) is 18.1. The van der Waals surface area contributed by atoms with Crippen molar-refractivity contribution in [2.45, 2.75) is 25.5 Å². The Morgan fingerprint density at radius 2 is 2.04 bits per heavy atom. The van der Waals surface area contributed by atoms with E-state index >= 15 is 0 Å². The van der Waals surface area contributed by atoms with Crippen LogP contribution in [-0.2, 0) is 6.42 Å². The van der Waals surface area contributed by atoms with Crippen LogP contribution in [0.3, 0.4) is 0 Å². The SMILES string of the molecule is C[C@H]1[C@@H](O)CN1C(=O)c1coc(Cc2ccc(-c3ccccc3)nn2)n1. The molecule has 2 aromatic heterocycles. The predicted octanol–water partition coefficient (Wildman–Crippen LogP) is 1.93. The summed E-state index contributed by atoms with van der Waals surface area (Å²) in [5.41, 5.74) is 2.75. The first kappa shape index (κ1) is 16.4. The second-order valence-corrected chi connectivity index (χ2v) is 6.34. The number of carbonyl (C=O) groups excluding carboxylic acids is 1. The number of rotatable bonds is 4. The Kier molecular flexibility index (Phi) is 4.22. The second-order valence-electron chi connectivity index (χ2n) is 6.34. The highest BCUT2D eigenvalue weighted by Gasteiger charge is 2.38. The molecule has 1 aliphatic heterocycles. The number of aliphatic hydroxyl groups is 1. The molecule has 3 heterocycles. The van der Waals surface area contributed by atoms with Crippen molar-refractivity contribution in [2.75, 3.05) is 6.54 Å². The minimum atomic E-state index is -0.469. The van der Waals surface area contributed by atoms with Crippen LogP contribution in [0.25, 0.3) is 11.3 Å². The number of aliphatic hydroxyl groups excluding tert-OH is 1. The fourth-order valence-electron chi connectivity index (χ4n) is 2.87. The lowest BCUT2D eigenvalue weighted by molar-refractivity contribution is -0.0360. The van der Waals surface area contributed by atoms with Gasteiger partial charge in [-0.15, -0.1) is 0 Å². The minimum absolute atomic E-state index is 0.195. The van der Waals surface area contributed by atoms with Crippen molar-refractivity contribution >= 4 is 5.91 Å². The molecule has 0 spiro atoms. The Balaban J connectivity index is 1.43. The van der Waals surface area contributed by atoms with E-state index < -0.39 is 6.10 Å². The van der Waals surface area contributed by atoms with Crippen LogP contribution in [0.15, 0.2) is 53.1 Å². The zero-order chi connectivity index (χ0) is 18.1. The van der Waals surface area contributed by atoms with E-state index in [0.717, 1.165) is 11.3 Å². The van der Waals surface area contributed by atoms with Gasteiger partial charge in [-0.25, -0.2) is 4.98 Å². The van der Waals surface area contributed by atoms with Gasteiger partial charge in [-0.1, -0.05) is 30.3 Å². The summed E-state index contributed by atoms with van der Waals surface area (Å²) < 4.78 is 5.40. The van der Waals surface area contributed by atoms with E-state index in [4.69, 9.17) is 4.42 Å². The number of hydrogen-bond donors (Lipinski definition) is 1. The largest absolute Gasteiger partial charge is 0.448 e. The molecule has 2 atom stereocenters. The molecule has 1 fully saturated rings. The second kappa shape index (κ2) is 6.68. The van der Waals surface area contributed by atoms with E-state index in [0.29, 0.717) is 24.6 Å². The van der Waals surface area contributed by atoms with Crippen molar-refractivity contribution in [1.82, 2.24) is 20.1 Å². The standard InChI is InChI=1S/C19H18N4O3/c1-12-17(24)10-23(12)19(25)16-11-26-18(20-16)9-14-7-8-15(22-21-14)13-5-3-2-4-6-13/h2-8,11-12,17,24H,9-10H2,1H3/t12-,17-/m0/s1. The van der Waals surface area contributed by atoms with Gasteiger partial charge in [-0.05, 0) is 19.1 Å². The smallest absolute Gasteiger partial charge is 0.276 e. The van der Waals surface area contributed by atoms with Crippen LogP contribution in [0, 0.1) is 0 Å². The molecule has 0 bridgehead atoms. The van der Waals surface area contributed by atoms with E-state index in [2.05, 4.69) is 15.2 Å². The van der Waals surface area contributed by atoms with Crippen LogP contribution in [0.4, 0.5) is 0 Å². The number of likely N-dealkylation sites (tertiary alicyclic amines) is 1. The van der Waals surface area contributed by atoms with Gasteiger partial charge < -0.3 is 14.4 Å². The first-order valence-corrected chi connectivity index (χ1v) is 8.43. The molecule has 0 unspecified atom stereocenters. The van der Waals surface area contributed by atoms with Gasteiger partial charge in [-0.2, -0.15) is 10.2 Å². The Bertz CT molecular complexity index is 908. The van der Waals surface area contributed by atoms with Gasteiger partial charge in [-0.3, -0.25) is 4.79 Å². The topological polar surface area (TPSA) is 92.3 Å². The number of carbonyl (C=O) groups is 1. The molecule has 1 saturated heterocycles. The molecular weight excluding hydrogens is 332 g/mol. The van der Waals surface area contributed by atoms with Crippen LogP contribution < -0.4 is 0 Å². The summed E-state index contributed by atoms with van der Waals surface area (Å²) in [5, 5.41) is 18.0. The molecule has 1 amide bonds. The number of oxazole rings is 1. The van der Waals surface area contributed by atoms with Crippen molar-refractivity contribution in [1.29, 1.82) is 0 Å². The zero-order valence-electron chi connectivity index (χ0n) is 14.2. The van der Waals surface area contributed by atoms with Crippen LogP contribution in [-0.4, -0.2) is 49.8 Å². The number of hydrogen-bond acceptors (Lipinski definition) is 6.